The van der Waals surface area contributed by atoms with Gasteiger partial charge < -0.3 is 15.6 Å². The van der Waals surface area contributed by atoms with Gasteiger partial charge in [0.1, 0.15) is 33.4 Å². The van der Waals surface area contributed by atoms with Gasteiger partial charge in [0.05, 0.1) is 28.5 Å². The number of pyridine rings is 2. The Morgan fingerprint density at radius 2 is 1.85 bits per heavy atom. The highest BCUT2D eigenvalue weighted by Gasteiger charge is 2.34. The normalized spacial score (nSPS) is 12.3. The van der Waals surface area contributed by atoms with Crippen molar-refractivity contribution in [2.75, 3.05) is 5.32 Å². The number of hydrogen-bond acceptors (Lipinski definition) is 8. The molecule has 0 bridgehead atoms. The van der Waals surface area contributed by atoms with Crippen LogP contribution in [0.4, 0.5) is 19.0 Å². The number of anilines is 1. The number of nitrogens with one attached hydrogen (secondary N) is 3. The third-order valence-corrected chi connectivity index (χ3v) is 6.94. The van der Waals surface area contributed by atoms with E-state index in [9.17, 15) is 22.8 Å². The highest BCUT2D eigenvalue weighted by atomic mass is 35.5. The average Bonchev–Trinajstić information content (AvgIpc) is 3.59. The number of H-pyrrole nitrogens is 1. The first-order valence-electron chi connectivity index (χ1n) is 11.1. The molecule has 10 nitrogen and oxygen atoms in total. The zero-order valence-electron chi connectivity index (χ0n) is 19.7. The summed E-state index contributed by atoms with van der Waals surface area (Å²) in [6.07, 6.45) is 2.04. The van der Waals surface area contributed by atoms with Gasteiger partial charge in [-0.25, -0.2) is 24.9 Å². The third kappa shape index (κ3) is 5.71. The van der Waals surface area contributed by atoms with Crippen LogP contribution in [0.5, 0.6) is 0 Å². The Bertz CT molecular complexity index is 1700. The van der Waals surface area contributed by atoms with Crippen molar-refractivity contribution in [3.8, 4) is 11.3 Å². The molecule has 0 aliphatic heterocycles. The lowest BCUT2D eigenvalue weighted by atomic mass is 10.1. The first-order valence-corrected chi connectivity index (χ1v) is 12.3. The van der Waals surface area contributed by atoms with Crippen molar-refractivity contribution >= 4 is 51.6 Å². The van der Waals surface area contributed by atoms with Crippen LogP contribution >= 0.6 is 22.9 Å². The predicted molar refractivity (Wildman–Crippen MR) is 137 cm³/mol. The number of fused-ring (bicyclic) bond motifs is 1. The Hall–Kier alpha value is -4.43. The number of rotatable bonds is 6. The van der Waals surface area contributed by atoms with Gasteiger partial charge in [-0.2, -0.15) is 13.2 Å². The van der Waals surface area contributed by atoms with E-state index in [2.05, 4.69) is 40.5 Å². The summed E-state index contributed by atoms with van der Waals surface area (Å²) in [5.74, 6) is -1.53. The highest BCUT2D eigenvalue weighted by Crippen LogP contribution is 2.35. The Balaban J connectivity index is 1.26. The molecule has 0 spiro atoms. The number of carbonyl (C=O) groups excluding carboxylic acids is 2. The van der Waals surface area contributed by atoms with Gasteiger partial charge in [0, 0.05) is 29.5 Å². The zero-order valence-corrected chi connectivity index (χ0v) is 21.3. The first kappa shape index (κ1) is 26.2. The minimum Gasteiger partial charge on any atom is -0.346 e. The molecule has 15 heteroatoms. The molecule has 0 radical (unpaired) electrons. The number of halogens is 4. The van der Waals surface area contributed by atoms with Crippen molar-refractivity contribution in [2.24, 2.45) is 0 Å². The van der Waals surface area contributed by atoms with E-state index in [1.807, 2.05) is 12.1 Å². The molecule has 0 fully saturated rings. The lowest BCUT2D eigenvalue weighted by Gasteiger charge is -2.11. The zero-order chi connectivity index (χ0) is 27.7. The fourth-order valence-corrected chi connectivity index (χ4v) is 4.57. The van der Waals surface area contributed by atoms with Gasteiger partial charge in [-0.05, 0) is 31.2 Å². The molecule has 3 N–H and O–H groups in total. The topological polar surface area (TPSA) is 138 Å². The van der Waals surface area contributed by atoms with E-state index in [1.165, 1.54) is 18.6 Å². The van der Waals surface area contributed by atoms with Crippen molar-refractivity contribution in [1.29, 1.82) is 0 Å². The van der Waals surface area contributed by atoms with E-state index in [0.29, 0.717) is 22.3 Å². The number of nitrogens with zero attached hydrogens (tertiary/aromatic N) is 5. The van der Waals surface area contributed by atoms with Crippen LogP contribution < -0.4 is 10.6 Å². The Labute approximate surface area is 226 Å². The van der Waals surface area contributed by atoms with Crippen LogP contribution in [0.2, 0.25) is 5.02 Å². The van der Waals surface area contributed by atoms with E-state index < -0.39 is 34.6 Å². The maximum absolute atomic E-state index is 13.1. The molecule has 0 saturated carbocycles. The summed E-state index contributed by atoms with van der Waals surface area (Å²) in [7, 11) is 0. The molecule has 0 aliphatic carbocycles. The summed E-state index contributed by atoms with van der Waals surface area (Å²) < 4.78 is 39.2. The quantitative estimate of drug-likeness (QED) is 0.251. The summed E-state index contributed by atoms with van der Waals surface area (Å²) in [6, 6.07) is 5.33. The number of hydrogen-bond donors (Lipinski definition) is 3. The second-order valence-electron chi connectivity index (χ2n) is 8.19. The van der Waals surface area contributed by atoms with Gasteiger partial charge in [-0.3, -0.25) is 9.59 Å². The Kier molecular flexibility index (Phi) is 6.97. The van der Waals surface area contributed by atoms with Crippen molar-refractivity contribution in [3.05, 3.63) is 81.5 Å². The third-order valence-electron chi connectivity index (χ3n) is 5.46. The molecule has 5 rings (SSSR count). The Morgan fingerprint density at radius 1 is 1.03 bits per heavy atom. The molecule has 5 aromatic heterocycles. The van der Waals surface area contributed by atoms with Crippen LogP contribution in [0.25, 0.3) is 22.3 Å². The van der Waals surface area contributed by atoms with Crippen LogP contribution in [0, 0.1) is 0 Å². The highest BCUT2D eigenvalue weighted by molar-refractivity contribution is 7.13. The van der Waals surface area contributed by atoms with Gasteiger partial charge in [0.15, 0.2) is 0 Å². The summed E-state index contributed by atoms with van der Waals surface area (Å²) in [4.78, 5) is 49.0. The van der Waals surface area contributed by atoms with Crippen LogP contribution in [0.1, 0.15) is 43.7 Å². The fourth-order valence-electron chi connectivity index (χ4n) is 3.55. The van der Waals surface area contributed by atoms with Gasteiger partial charge >= 0.3 is 6.18 Å². The smallest absolute Gasteiger partial charge is 0.346 e. The molecule has 2 amide bonds. The van der Waals surface area contributed by atoms with E-state index >= 15 is 0 Å². The maximum Gasteiger partial charge on any atom is 0.418 e. The van der Waals surface area contributed by atoms with Crippen LogP contribution in [0.15, 0.2) is 55.4 Å². The van der Waals surface area contributed by atoms with Crippen molar-refractivity contribution in [3.63, 3.8) is 0 Å². The summed E-state index contributed by atoms with van der Waals surface area (Å²) in [6.45, 7) is 1.67. The number of aromatic nitrogens is 6. The number of alkyl halides is 3. The van der Waals surface area contributed by atoms with Crippen LogP contribution in [-0.4, -0.2) is 41.7 Å². The largest absolute Gasteiger partial charge is 0.418 e. The summed E-state index contributed by atoms with van der Waals surface area (Å²) >= 11 is 6.53. The second-order valence-corrected chi connectivity index (χ2v) is 9.66. The SMILES string of the molecule is CC(NC(=O)c1cc(-c2cnc3[nH]ccc3c2)ncn1)c1ncc(C(=O)Nc2cc(C(F)(F)F)c(Cl)cn2)s1. The minimum absolute atomic E-state index is 0.105. The van der Waals surface area contributed by atoms with E-state index in [1.54, 1.807) is 19.3 Å². The van der Waals surface area contributed by atoms with Crippen LogP contribution in [-0.2, 0) is 6.18 Å². The maximum atomic E-state index is 13.1. The number of amides is 2. The molecule has 0 saturated heterocycles. The second kappa shape index (κ2) is 10.4. The lowest BCUT2D eigenvalue weighted by molar-refractivity contribution is -0.137. The summed E-state index contributed by atoms with van der Waals surface area (Å²) in [5, 5.41) is 5.76. The first-order chi connectivity index (χ1) is 18.6. The van der Waals surface area contributed by atoms with Gasteiger partial charge in [-0.1, -0.05) is 11.6 Å². The lowest BCUT2D eigenvalue weighted by Crippen LogP contribution is -2.27. The molecule has 5 aromatic rings. The van der Waals surface area contributed by atoms with Crippen molar-refractivity contribution < 1.29 is 22.8 Å². The van der Waals surface area contributed by atoms with Crippen LogP contribution in [0.3, 0.4) is 0 Å². The number of aromatic amines is 1. The van der Waals surface area contributed by atoms with Crippen molar-refractivity contribution in [1.82, 2.24) is 35.2 Å². The molecular weight excluding hydrogens is 557 g/mol. The summed E-state index contributed by atoms with van der Waals surface area (Å²) in [5.41, 5.74) is 0.942. The fraction of sp³-hybridized carbons (Fsp3) is 0.125. The Morgan fingerprint density at radius 3 is 2.64 bits per heavy atom. The van der Waals surface area contributed by atoms with E-state index in [-0.39, 0.29) is 16.4 Å². The molecule has 198 valence electrons. The molecule has 0 aromatic carbocycles. The molecular formula is C24H16ClF3N8O2S. The van der Waals surface area contributed by atoms with Crippen molar-refractivity contribution in [2.45, 2.75) is 19.1 Å². The van der Waals surface area contributed by atoms with Gasteiger partial charge in [0.25, 0.3) is 11.8 Å². The number of thiazole rings is 1. The molecule has 1 atom stereocenters. The standard InChI is InChI=1S/C24H16ClF3N8O2S/c1-11(23-32-9-18(39-23)22(38)36-19-5-14(24(26,27)28)15(25)8-30-19)35-21(37)17-6-16(33-10-34-17)13-4-12-2-3-29-20(12)31-7-13/h2-11H,1H3,(H,29,31)(H,35,37)(H,30,36,38). The monoisotopic (exact) mass is 572 g/mol. The average molecular weight is 573 g/mol. The molecule has 0 aliphatic rings. The molecule has 1 unspecified atom stereocenters. The predicted octanol–water partition coefficient (Wildman–Crippen LogP) is 5.29. The van der Waals surface area contributed by atoms with Gasteiger partial charge in [0.2, 0.25) is 0 Å². The minimum atomic E-state index is -4.71. The molecule has 39 heavy (non-hydrogen) atoms. The number of carbonyl (C=O) groups is 2. The van der Waals surface area contributed by atoms with E-state index in [0.717, 1.165) is 28.6 Å². The molecule has 5 heterocycles. The van der Waals surface area contributed by atoms with E-state index in [4.69, 9.17) is 11.6 Å². The van der Waals surface area contributed by atoms with Gasteiger partial charge in [-0.15, -0.1) is 11.3 Å².